The molecule has 8 nitrogen and oxygen atoms in total. The van der Waals surface area contributed by atoms with Crippen molar-refractivity contribution in [3.63, 3.8) is 0 Å². The summed E-state index contributed by atoms with van der Waals surface area (Å²) in [7, 11) is 2.84. The molecular formula is C21H20BrFN6O2. The van der Waals surface area contributed by atoms with Gasteiger partial charge >= 0.3 is 0 Å². The van der Waals surface area contributed by atoms with Crippen LogP contribution in [-0.4, -0.2) is 44.4 Å². The molecule has 4 aromatic rings. The largest absolute Gasteiger partial charge is 0.383 e. The molecule has 0 unspecified atom stereocenters. The molecule has 0 atom stereocenters. The number of fused-ring (bicyclic) bond motifs is 4. The van der Waals surface area contributed by atoms with E-state index in [4.69, 9.17) is 10.5 Å². The number of aromatic nitrogens is 4. The Bertz CT molecular complexity index is 1290. The lowest BCUT2D eigenvalue weighted by atomic mass is 10.1. The molecule has 1 aliphatic heterocycles. The van der Waals surface area contributed by atoms with Crippen molar-refractivity contribution in [3.8, 4) is 0 Å². The Kier molecular flexibility index (Phi) is 5.84. The van der Waals surface area contributed by atoms with Crippen molar-refractivity contribution in [3.05, 3.63) is 58.0 Å². The van der Waals surface area contributed by atoms with Gasteiger partial charge in [0.05, 0.1) is 41.5 Å². The highest BCUT2D eigenvalue weighted by Crippen LogP contribution is 2.28. The van der Waals surface area contributed by atoms with E-state index in [1.54, 1.807) is 30.1 Å². The number of pyridine rings is 2. The molecule has 0 spiro atoms. The van der Waals surface area contributed by atoms with Gasteiger partial charge in [0.2, 0.25) is 0 Å². The first-order valence-electron chi connectivity index (χ1n) is 9.52. The maximum Gasteiger partial charge on any atom is 0.281 e. The summed E-state index contributed by atoms with van der Waals surface area (Å²) in [5, 5.41) is 5.61. The Labute approximate surface area is 185 Å². The molecule has 3 aromatic heterocycles. The Hall–Kier alpha value is -3.11. The van der Waals surface area contributed by atoms with Gasteiger partial charge in [-0.3, -0.25) is 9.48 Å². The average Bonchev–Trinajstić information content (AvgIpc) is 3.16. The number of nitrogens with zero attached hydrogens (tertiary/aromatic N) is 5. The van der Waals surface area contributed by atoms with E-state index in [1.165, 1.54) is 11.6 Å². The first kappa shape index (κ1) is 21.1. The van der Waals surface area contributed by atoms with Gasteiger partial charge < -0.3 is 10.5 Å². The predicted octanol–water partition coefficient (Wildman–Crippen LogP) is 3.58. The van der Waals surface area contributed by atoms with Gasteiger partial charge in [-0.15, -0.1) is 0 Å². The minimum Gasteiger partial charge on any atom is -0.383 e. The second kappa shape index (κ2) is 8.56. The van der Waals surface area contributed by atoms with E-state index in [-0.39, 0.29) is 10.7 Å². The van der Waals surface area contributed by atoms with Gasteiger partial charge in [0.15, 0.2) is 0 Å². The van der Waals surface area contributed by atoms with Crippen molar-refractivity contribution in [2.45, 2.75) is 13.0 Å². The summed E-state index contributed by atoms with van der Waals surface area (Å²) < 4.78 is 20.8. The summed E-state index contributed by atoms with van der Waals surface area (Å²) in [5.41, 5.74) is 9.93. The number of nitrogens with two attached hydrogens (primary N) is 1. The molecule has 10 heteroatoms. The van der Waals surface area contributed by atoms with Crippen molar-refractivity contribution in [1.82, 2.24) is 24.9 Å². The highest BCUT2D eigenvalue weighted by atomic mass is 79.9. The maximum absolute atomic E-state index is 13.0. The second-order valence-electron chi connectivity index (χ2n) is 7.08. The molecule has 2 N–H and O–H groups in total. The number of nitrogen functional groups attached to an aromatic ring is 1. The van der Waals surface area contributed by atoms with Gasteiger partial charge in [0.1, 0.15) is 10.4 Å². The van der Waals surface area contributed by atoms with Crippen LogP contribution in [0.3, 0.4) is 0 Å². The molecule has 4 heterocycles. The molecule has 1 amide bonds. The standard InChI is InChI=1S/C13H12FN5O.C8H8BrNO/c1-18(14)13(20)7-3-4-10-8(5-7)11-9(12(15)17-10)6-16-19(11)2;9-8-2-1-6-3-4-11-5-7(6)10-8/h3-6H,1-2H3,(H2,15,17);1-2H,3-5H2. The SMILES string of the molecule is Brc1ccc2c(n1)COCC2.CN(F)C(=O)c1ccc2nc(N)c3cnn(C)c3c2c1. The lowest BCUT2D eigenvalue weighted by Gasteiger charge is -2.14. The van der Waals surface area contributed by atoms with E-state index < -0.39 is 5.91 Å². The number of hydrogen-bond donors (Lipinski definition) is 1. The van der Waals surface area contributed by atoms with Gasteiger partial charge in [0.25, 0.3) is 5.91 Å². The molecule has 31 heavy (non-hydrogen) atoms. The zero-order valence-electron chi connectivity index (χ0n) is 17.0. The van der Waals surface area contributed by atoms with E-state index in [0.717, 1.165) is 35.9 Å². The Morgan fingerprint density at radius 3 is 2.84 bits per heavy atom. The smallest absolute Gasteiger partial charge is 0.281 e. The van der Waals surface area contributed by atoms with E-state index in [9.17, 15) is 9.28 Å². The van der Waals surface area contributed by atoms with Gasteiger partial charge in [-0.25, -0.2) is 9.97 Å². The highest BCUT2D eigenvalue weighted by Gasteiger charge is 2.15. The molecule has 160 valence electrons. The number of carbonyl (C=O) groups excluding carboxylic acids is 1. The number of hydrogen-bond acceptors (Lipinski definition) is 6. The fourth-order valence-corrected chi connectivity index (χ4v) is 3.82. The fourth-order valence-electron chi connectivity index (χ4n) is 3.48. The zero-order valence-corrected chi connectivity index (χ0v) is 18.6. The minimum atomic E-state index is -0.709. The van der Waals surface area contributed by atoms with Crippen molar-refractivity contribution in [2.75, 3.05) is 19.4 Å². The highest BCUT2D eigenvalue weighted by molar-refractivity contribution is 9.10. The van der Waals surface area contributed by atoms with Crippen LogP contribution in [0.4, 0.5) is 10.3 Å². The molecule has 0 saturated heterocycles. The molecular weight excluding hydrogens is 467 g/mol. The van der Waals surface area contributed by atoms with Crippen LogP contribution >= 0.6 is 15.9 Å². The second-order valence-corrected chi connectivity index (χ2v) is 7.90. The lowest BCUT2D eigenvalue weighted by Crippen LogP contribution is -2.17. The van der Waals surface area contributed by atoms with E-state index in [2.05, 4.69) is 37.1 Å². The van der Waals surface area contributed by atoms with Crippen LogP contribution in [0.5, 0.6) is 0 Å². The Morgan fingerprint density at radius 1 is 1.26 bits per heavy atom. The normalized spacial score (nSPS) is 12.9. The van der Waals surface area contributed by atoms with Crippen LogP contribution in [0.1, 0.15) is 21.6 Å². The third-order valence-electron chi connectivity index (χ3n) is 5.02. The Morgan fingerprint density at radius 2 is 2.06 bits per heavy atom. The molecule has 0 aliphatic carbocycles. The predicted molar refractivity (Wildman–Crippen MR) is 119 cm³/mol. The first-order valence-corrected chi connectivity index (χ1v) is 10.3. The number of amides is 1. The van der Waals surface area contributed by atoms with Crippen LogP contribution in [-0.2, 0) is 24.8 Å². The summed E-state index contributed by atoms with van der Waals surface area (Å²) in [6, 6.07) is 8.85. The van der Waals surface area contributed by atoms with E-state index in [0.29, 0.717) is 28.7 Å². The quantitative estimate of drug-likeness (QED) is 0.326. The minimum absolute atomic E-state index is 0.0480. The molecule has 0 fully saturated rings. The van der Waals surface area contributed by atoms with Crippen molar-refractivity contribution < 1.29 is 14.0 Å². The maximum atomic E-state index is 13.0. The topological polar surface area (TPSA) is 99.2 Å². The number of anilines is 1. The summed E-state index contributed by atoms with van der Waals surface area (Å²) in [4.78, 5) is 20.3. The van der Waals surface area contributed by atoms with Gasteiger partial charge in [0, 0.05) is 25.0 Å². The van der Waals surface area contributed by atoms with Crippen molar-refractivity contribution in [2.24, 2.45) is 7.05 Å². The molecule has 1 aromatic carbocycles. The third kappa shape index (κ3) is 4.21. The number of benzene rings is 1. The summed E-state index contributed by atoms with van der Waals surface area (Å²) >= 11 is 3.32. The Balaban J connectivity index is 0.000000177. The van der Waals surface area contributed by atoms with Gasteiger partial charge in [-0.2, -0.15) is 10.2 Å². The molecule has 0 bridgehead atoms. The number of aryl methyl sites for hydroxylation is 1. The van der Waals surface area contributed by atoms with Crippen LogP contribution in [0.25, 0.3) is 21.8 Å². The summed E-state index contributed by atoms with van der Waals surface area (Å²) in [6.45, 7) is 1.49. The van der Waals surface area contributed by atoms with Crippen molar-refractivity contribution in [1.29, 1.82) is 0 Å². The number of rotatable bonds is 1. The van der Waals surface area contributed by atoms with Crippen molar-refractivity contribution >= 4 is 49.5 Å². The monoisotopic (exact) mass is 486 g/mol. The molecule has 1 aliphatic rings. The molecule has 5 rings (SSSR count). The summed E-state index contributed by atoms with van der Waals surface area (Å²) in [6.07, 6.45) is 2.61. The number of ether oxygens (including phenoxy) is 1. The average molecular weight is 487 g/mol. The third-order valence-corrected chi connectivity index (χ3v) is 5.46. The van der Waals surface area contributed by atoms with Gasteiger partial charge in [-0.1, -0.05) is 10.5 Å². The van der Waals surface area contributed by atoms with Gasteiger partial charge in [-0.05, 0) is 52.2 Å². The van der Waals surface area contributed by atoms with Crippen LogP contribution in [0, 0.1) is 0 Å². The zero-order chi connectivity index (χ0) is 22.1. The number of carbonyl (C=O) groups is 1. The van der Waals surface area contributed by atoms with Crippen LogP contribution in [0.15, 0.2) is 41.1 Å². The van der Waals surface area contributed by atoms with Crippen LogP contribution in [0.2, 0.25) is 0 Å². The lowest BCUT2D eigenvalue weighted by molar-refractivity contribution is 0.0343. The molecule has 0 saturated carbocycles. The fraction of sp³-hybridized carbons (Fsp3) is 0.238. The number of halogens is 2. The first-order chi connectivity index (χ1) is 14.8. The van der Waals surface area contributed by atoms with E-state index >= 15 is 0 Å². The van der Waals surface area contributed by atoms with E-state index in [1.807, 2.05) is 6.07 Å². The summed E-state index contributed by atoms with van der Waals surface area (Å²) in [5.74, 6) is -0.332. The van der Waals surface area contributed by atoms with Crippen LogP contribution < -0.4 is 5.73 Å². The molecule has 0 radical (unpaired) electrons.